The van der Waals surface area contributed by atoms with Crippen molar-refractivity contribution in [1.82, 2.24) is 15.5 Å². The molecule has 41 heavy (non-hydrogen) atoms. The molecule has 0 fully saturated rings. The van der Waals surface area contributed by atoms with Crippen LogP contribution in [0.2, 0.25) is 0 Å². The van der Waals surface area contributed by atoms with Crippen LogP contribution in [-0.2, 0) is 20.9 Å². The number of ether oxygens (including phenoxy) is 1. The fourth-order valence-corrected chi connectivity index (χ4v) is 4.85. The number of amides is 2. The van der Waals surface area contributed by atoms with Crippen molar-refractivity contribution in [3.8, 4) is 11.1 Å². The van der Waals surface area contributed by atoms with Crippen LogP contribution in [0.1, 0.15) is 29.5 Å². The van der Waals surface area contributed by atoms with Gasteiger partial charge in [0.15, 0.2) is 0 Å². The van der Waals surface area contributed by atoms with Crippen molar-refractivity contribution in [2.45, 2.75) is 37.1 Å². The second kappa shape index (κ2) is 12.0. The van der Waals surface area contributed by atoms with E-state index < -0.39 is 41.6 Å². The van der Waals surface area contributed by atoms with Crippen molar-refractivity contribution in [2.75, 3.05) is 20.2 Å². The summed E-state index contributed by atoms with van der Waals surface area (Å²) < 4.78 is 47.7. The van der Waals surface area contributed by atoms with Crippen molar-refractivity contribution in [3.63, 3.8) is 0 Å². The van der Waals surface area contributed by atoms with Gasteiger partial charge in [-0.2, -0.15) is 13.2 Å². The number of rotatable bonds is 10. The number of alkyl carbamates (subject to hydrolysis) is 1. The quantitative estimate of drug-likeness (QED) is 0.331. The fourth-order valence-electron chi connectivity index (χ4n) is 4.85. The van der Waals surface area contributed by atoms with Gasteiger partial charge in [0, 0.05) is 19.0 Å². The zero-order chi connectivity index (χ0) is 29.8. The molecule has 8 nitrogen and oxygen atoms in total. The molecule has 0 aliphatic heterocycles. The first-order valence-corrected chi connectivity index (χ1v) is 12.9. The predicted molar refractivity (Wildman–Crippen MR) is 145 cm³/mol. The molecule has 3 aromatic rings. The van der Waals surface area contributed by atoms with Gasteiger partial charge in [-0.25, -0.2) is 9.59 Å². The Bertz CT molecular complexity index is 1370. The number of nitrogens with zero attached hydrogens (tertiary/aromatic N) is 1. The molecule has 3 aromatic carbocycles. The number of carboxylic acid groups (broad SMARTS) is 1. The molecule has 1 aliphatic carbocycles. The molecule has 216 valence electrons. The second-order valence-electron chi connectivity index (χ2n) is 10.1. The number of hydrogen-bond acceptors (Lipinski definition) is 5. The van der Waals surface area contributed by atoms with Crippen LogP contribution < -0.4 is 10.6 Å². The van der Waals surface area contributed by atoms with Crippen LogP contribution in [0.15, 0.2) is 78.9 Å². The topological polar surface area (TPSA) is 108 Å². The maximum Gasteiger partial charge on any atom is 0.420 e. The number of nitrogens with one attached hydrogen (secondary N) is 2. The lowest BCUT2D eigenvalue weighted by Crippen LogP contribution is -2.67. The summed E-state index contributed by atoms with van der Waals surface area (Å²) in [6.45, 7) is 0.220. The average Bonchev–Trinajstić information content (AvgIpc) is 3.25. The van der Waals surface area contributed by atoms with Gasteiger partial charge in [-0.05, 0) is 41.8 Å². The van der Waals surface area contributed by atoms with Gasteiger partial charge in [-0.3, -0.25) is 15.0 Å². The lowest BCUT2D eigenvalue weighted by atomic mass is 9.98. The summed E-state index contributed by atoms with van der Waals surface area (Å²) in [6.07, 6.45) is -6.73. The van der Waals surface area contributed by atoms with Gasteiger partial charge in [-0.15, -0.1) is 0 Å². The molecule has 0 spiro atoms. The maximum atomic E-state index is 14.2. The van der Waals surface area contributed by atoms with Crippen LogP contribution in [0.25, 0.3) is 11.1 Å². The minimum Gasteiger partial charge on any atom is -0.480 e. The van der Waals surface area contributed by atoms with E-state index >= 15 is 0 Å². The highest BCUT2D eigenvalue weighted by Gasteiger charge is 2.59. The van der Waals surface area contributed by atoms with Crippen molar-refractivity contribution >= 4 is 18.0 Å². The van der Waals surface area contributed by atoms with Crippen LogP contribution in [0.5, 0.6) is 0 Å². The third-order valence-corrected chi connectivity index (χ3v) is 7.11. The normalized spacial score (nSPS) is 14.9. The largest absolute Gasteiger partial charge is 0.480 e. The zero-order valence-electron chi connectivity index (χ0n) is 22.4. The van der Waals surface area contributed by atoms with E-state index in [1.165, 1.54) is 0 Å². The third kappa shape index (κ3) is 6.51. The highest BCUT2D eigenvalue weighted by molar-refractivity contribution is 5.93. The van der Waals surface area contributed by atoms with E-state index in [4.69, 9.17) is 4.74 Å². The van der Waals surface area contributed by atoms with Gasteiger partial charge in [-0.1, -0.05) is 78.9 Å². The number of carbonyl (C=O) groups is 3. The predicted octanol–water partition coefficient (Wildman–Crippen LogP) is 4.55. The molecular formula is C30H30F3N3O5. The van der Waals surface area contributed by atoms with Crippen LogP contribution in [-0.4, -0.2) is 65.9 Å². The van der Waals surface area contributed by atoms with Gasteiger partial charge in [0.1, 0.15) is 12.6 Å². The fraction of sp³-hybridized carbons (Fsp3) is 0.300. The lowest BCUT2D eigenvalue weighted by Gasteiger charge is -2.33. The van der Waals surface area contributed by atoms with Crippen LogP contribution in [0.4, 0.5) is 18.0 Å². The summed E-state index contributed by atoms with van der Waals surface area (Å²) in [6, 6.07) is 22.2. The van der Waals surface area contributed by atoms with E-state index in [0.717, 1.165) is 27.8 Å². The minimum atomic E-state index is -5.26. The van der Waals surface area contributed by atoms with Crippen molar-refractivity contribution in [2.24, 2.45) is 0 Å². The number of hydrogen-bond donors (Lipinski definition) is 3. The van der Waals surface area contributed by atoms with Gasteiger partial charge in [0.25, 0.3) is 5.91 Å². The molecule has 2 unspecified atom stereocenters. The van der Waals surface area contributed by atoms with E-state index in [9.17, 15) is 32.7 Å². The van der Waals surface area contributed by atoms with Crippen LogP contribution >= 0.6 is 0 Å². The lowest BCUT2D eigenvalue weighted by molar-refractivity contribution is -0.195. The monoisotopic (exact) mass is 569 g/mol. The van der Waals surface area contributed by atoms with Crippen LogP contribution in [0.3, 0.4) is 0 Å². The number of likely N-dealkylation sites (N-methyl/N-ethyl adjacent to an activating group) is 1. The molecule has 11 heteroatoms. The molecule has 0 bridgehead atoms. The molecule has 2 atom stereocenters. The first-order chi connectivity index (χ1) is 19.4. The second-order valence-corrected chi connectivity index (χ2v) is 10.1. The molecule has 0 saturated carbocycles. The molecule has 0 radical (unpaired) electrons. The summed E-state index contributed by atoms with van der Waals surface area (Å²) in [5.41, 5.74) is 0.995. The highest BCUT2D eigenvalue weighted by atomic mass is 19.4. The van der Waals surface area contributed by atoms with Gasteiger partial charge >= 0.3 is 18.2 Å². The van der Waals surface area contributed by atoms with E-state index in [1.807, 2.05) is 72.0 Å². The minimum absolute atomic E-state index is 0.266. The number of halogens is 3. The number of carboxylic acids is 1. The standard InChI is InChI=1S/C30H30F3N3O5/c1-29(30(31,32)33,27(39)34-25(26(37)38)17-36(2)16-19-10-4-3-5-11-19)35-28(40)41-18-24-22-14-8-6-12-20(22)21-13-7-9-15-23(21)24/h3-15,24-25H,16-18H2,1-2H3,(H,34,39)(H,35,40)(H,37,38). The number of aliphatic carboxylic acids is 1. The van der Waals surface area contributed by atoms with E-state index in [0.29, 0.717) is 13.5 Å². The number of fused-ring (bicyclic) bond motifs is 3. The Labute approximate surface area is 235 Å². The van der Waals surface area contributed by atoms with Crippen molar-refractivity contribution in [3.05, 3.63) is 95.6 Å². The van der Waals surface area contributed by atoms with Gasteiger partial charge in [0.2, 0.25) is 5.54 Å². The van der Waals surface area contributed by atoms with E-state index in [1.54, 1.807) is 29.4 Å². The molecule has 0 saturated heterocycles. The van der Waals surface area contributed by atoms with E-state index in [2.05, 4.69) is 0 Å². The molecule has 3 N–H and O–H groups in total. The Morgan fingerprint density at radius 3 is 2.00 bits per heavy atom. The summed E-state index contributed by atoms with van der Waals surface area (Å²) in [7, 11) is 1.58. The Hall–Kier alpha value is -4.38. The average molecular weight is 570 g/mol. The molecular weight excluding hydrogens is 539 g/mol. The van der Waals surface area contributed by atoms with Crippen LogP contribution in [0, 0.1) is 0 Å². The highest BCUT2D eigenvalue weighted by Crippen LogP contribution is 2.44. The summed E-state index contributed by atoms with van der Waals surface area (Å²) >= 11 is 0. The number of alkyl halides is 3. The Balaban J connectivity index is 1.44. The zero-order valence-corrected chi connectivity index (χ0v) is 22.4. The van der Waals surface area contributed by atoms with Crippen molar-refractivity contribution < 1.29 is 37.4 Å². The first kappa shape index (κ1) is 29.6. The smallest absolute Gasteiger partial charge is 0.420 e. The molecule has 1 aliphatic rings. The SMILES string of the molecule is CN(Cc1ccccc1)CC(NC(=O)C(C)(NC(=O)OCC1c2ccccc2-c2ccccc21)C(F)(F)F)C(=O)O. The number of benzene rings is 3. The maximum absolute atomic E-state index is 14.2. The Morgan fingerprint density at radius 2 is 1.46 bits per heavy atom. The van der Waals surface area contributed by atoms with E-state index in [-0.39, 0.29) is 13.2 Å². The molecule has 2 amide bonds. The summed E-state index contributed by atoms with van der Waals surface area (Å²) in [5.74, 6) is -3.65. The first-order valence-electron chi connectivity index (χ1n) is 12.9. The molecule has 0 aromatic heterocycles. The summed E-state index contributed by atoms with van der Waals surface area (Å²) in [5, 5.41) is 13.2. The molecule has 4 rings (SSSR count). The van der Waals surface area contributed by atoms with Crippen molar-refractivity contribution in [1.29, 1.82) is 0 Å². The number of carbonyl (C=O) groups excluding carboxylic acids is 2. The van der Waals surface area contributed by atoms with Gasteiger partial charge < -0.3 is 15.2 Å². The summed E-state index contributed by atoms with van der Waals surface area (Å²) in [4.78, 5) is 39.0. The third-order valence-electron chi connectivity index (χ3n) is 7.11. The molecule has 0 heterocycles. The Morgan fingerprint density at radius 1 is 0.927 bits per heavy atom. The Kier molecular flexibility index (Phi) is 8.67. The van der Waals surface area contributed by atoms with Gasteiger partial charge in [0.05, 0.1) is 0 Å².